The molecule has 10 heteroatoms. The Morgan fingerprint density at radius 1 is 1.28 bits per heavy atom. The van der Waals surface area contributed by atoms with Gasteiger partial charge in [0.2, 0.25) is 10.0 Å². The van der Waals surface area contributed by atoms with Crippen LogP contribution in [-0.4, -0.2) is 43.9 Å². The van der Waals surface area contributed by atoms with E-state index in [1.165, 1.54) is 16.6 Å². The first-order chi connectivity index (χ1) is 13.7. The highest BCUT2D eigenvalue weighted by molar-refractivity contribution is 7.92. The van der Waals surface area contributed by atoms with Gasteiger partial charge in [-0.05, 0) is 42.2 Å². The van der Waals surface area contributed by atoms with E-state index in [0.717, 1.165) is 24.0 Å². The smallest absolute Gasteiger partial charge is 0.315 e. The number of hydrogen-bond acceptors (Lipinski definition) is 5. The molecule has 0 fully saturated rings. The fraction of sp³-hybridized carbons (Fsp3) is 0.368. The third kappa shape index (κ3) is 5.51. The number of benzene rings is 1. The van der Waals surface area contributed by atoms with Gasteiger partial charge < -0.3 is 15.7 Å². The number of hydrogen-bond donors (Lipinski definition) is 3. The molecule has 2 amide bonds. The molecule has 156 valence electrons. The lowest BCUT2D eigenvalue weighted by Gasteiger charge is -2.28. The zero-order chi connectivity index (χ0) is 21.0. The Bertz CT molecular complexity index is 1010. The van der Waals surface area contributed by atoms with Crippen LogP contribution in [0.3, 0.4) is 0 Å². The normalized spacial score (nSPS) is 13.7. The van der Waals surface area contributed by atoms with E-state index >= 15 is 0 Å². The number of carbonyl (C=O) groups is 1. The van der Waals surface area contributed by atoms with Gasteiger partial charge in [0.25, 0.3) is 0 Å². The molecule has 0 saturated carbocycles. The number of sulfonamides is 1. The first kappa shape index (κ1) is 21.2. The van der Waals surface area contributed by atoms with E-state index in [1.54, 1.807) is 12.1 Å². The number of rotatable bonds is 6. The minimum atomic E-state index is -3.36. The van der Waals surface area contributed by atoms with Crippen LogP contribution in [0.1, 0.15) is 23.2 Å². The van der Waals surface area contributed by atoms with E-state index in [2.05, 4.69) is 15.6 Å². The van der Waals surface area contributed by atoms with Gasteiger partial charge in [-0.25, -0.2) is 18.2 Å². The van der Waals surface area contributed by atoms with Crippen molar-refractivity contribution >= 4 is 33.5 Å². The second-order valence-corrected chi connectivity index (χ2v) is 9.18. The zero-order valence-electron chi connectivity index (χ0n) is 16.0. The largest absolute Gasteiger partial charge is 0.506 e. The van der Waals surface area contributed by atoms with Crippen LogP contribution in [0.25, 0.3) is 0 Å². The Kier molecular flexibility index (Phi) is 6.49. The molecule has 0 radical (unpaired) electrons. The number of carbonyl (C=O) groups excluding carboxylic acids is 1. The number of aromatic nitrogens is 1. The van der Waals surface area contributed by atoms with Gasteiger partial charge in [-0.2, -0.15) is 0 Å². The maximum absolute atomic E-state index is 12.0. The van der Waals surface area contributed by atoms with Crippen molar-refractivity contribution in [2.45, 2.75) is 25.8 Å². The molecule has 0 atom stereocenters. The molecule has 2 aromatic rings. The summed E-state index contributed by atoms with van der Waals surface area (Å²) in [6.07, 6.45) is 3.23. The van der Waals surface area contributed by atoms with Gasteiger partial charge in [-0.1, -0.05) is 23.7 Å². The standard InChI is InChI=1S/C19H23ClN4O4S/c1-29(27,28)24-10-2-3-14-5-6-15(23-18(14)24)8-9-21-19(26)22-12-13-4-7-17(25)16(20)11-13/h4-7,11,25H,2-3,8-10,12H2,1H3,(H2,21,22,26). The third-order valence-electron chi connectivity index (χ3n) is 4.59. The van der Waals surface area contributed by atoms with E-state index in [9.17, 15) is 18.3 Å². The van der Waals surface area contributed by atoms with Crippen LogP contribution in [0.5, 0.6) is 5.75 Å². The van der Waals surface area contributed by atoms with E-state index in [4.69, 9.17) is 11.6 Å². The van der Waals surface area contributed by atoms with Crippen molar-refractivity contribution in [2.75, 3.05) is 23.7 Å². The van der Waals surface area contributed by atoms with Crippen molar-refractivity contribution in [1.29, 1.82) is 0 Å². The summed E-state index contributed by atoms with van der Waals surface area (Å²) in [5.74, 6) is 0.483. The minimum Gasteiger partial charge on any atom is -0.506 e. The van der Waals surface area contributed by atoms with Crippen molar-refractivity contribution in [1.82, 2.24) is 15.6 Å². The predicted octanol–water partition coefficient (Wildman–Crippen LogP) is 2.19. The monoisotopic (exact) mass is 438 g/mol. The van der Waals surface area contributed by atoms with E-state index < -0.39 is 10.0 Å². The number of pyridine rings is 1. The number of phenols is 1. The van der Waals surface area contributed by atoms with Gasteiger partial charge in [0.05, 0.1) is 11.3 Å². The Hall–Kier alpha value is -2.52. The molecule has 2 heterocycles. The van der Waals surface area contributed by atoms with Crippen molar-refractivity contribution in [2.24, 2.45) is 0 Å². The fourth-order valence-electron chi connectivity index (χ4n) is 3.12. The van der Waals surface area contributed by atoms with Crippen LogP contribution in [0.2, 0.25) is 5.02 Å². The molecule has 1 aliphatic heterocycles. The lowest BCUT2D eigenvalue weighted by molar-refractivity contribution is 0.240. The SMILES string of the molecule is CS(=O)(=O)N1CCCc2ccc(CCNC(=O)NCc3ccc(O)c(Cl)c3)nc21. The Balaban J connectivity index is 1.52. The molecule has 29 heavy (non-hydrogen) atoms. The predicted molar refractivity (Wildman–Crippen MR) is 112 cm³/mol. The summed E-state index contributed by atoms with van der Waals surface area (Å²) in [7, 11) is -3.36. The average Bonchev–Trinajstić information content (AvgIpc) is 2.67. The highest BCUT2D eigenvalue weighted by Gasteiger charge is 2.25. The van der Waals surface area contributed by atoms with E-state index in [1.807, 2.05) is 12.1 Å². The molecule has 3 N–H and O–H groups in total. The molecular formula is C19H23ClN4O4S. The van der Waals surface area contributed by atoms with Gasteiger partial charge in [0, 0.05) is 31.7 Å². The average molecular weight is 439 g/mol. The number of aromatic hydroxyl groups is 1. The second kappa shape index (κ2) is 8.87. The van der Waals surface area contributed by atoms with Gasteiger partial charge in [-0.15, -0.1) is 0 Å². The first-order valence-corrected chi connectivity index (χ1v) is 11.4. The van der Waals surface area contributed by atoms with Crippen LogP contribution >= 0.6 is 11.6 Å². The van der Waals surface area contributed by atoms with Crippen LogP contribution in [0, 0.1) is 0 Å². The molecule has 0 aliphatic carbocycles. The number of nitrogens with zero attached hydrogens (tertiary/aromatic N) is 2. The Labute approximate surface area is 175 Å². The summed E-state index contributed by atoms with van der Waals surface area (Å²) in [6.45, 7) is 1.06. The Morgan fingerprint density at radius 3 is 2.79 bits per heavy atom. The summed E-state index contributed by atoms with van der Waals surface area (Å²) in [5.41, 5.74) is 2.40. The number of halogens is 1. The molecule has 8 nitrogen and oxygen atoms in total. The summed E-state index contributed by atoms with van der Waals surface area (Å²) < 4.78 is 25.3. The molecule has 0 spiro atoms. The Morgan fingerprint density at radius 2 is 2.07 bits per heavy atom. The number of urea groups is 1. The molecule has 0 bridgehead atoms. The van der Waals surface area contributed by atoms with E-state index in [-0.39, 0.29) is 23.3 Å². The highest BCUT2D eigenvalue weighted by Crippen LogP contribution is 2.27. The van der Waals surface area contributed by atoms with Crippen LogP contribution < -0.4 is 14.9 Å². The second-order valence-electron chi connectivity index (χ2n) is 6.87. The van der Waals surface area contributed by atoms with Gasteiger partial charge >= 0.3 is 6.03 Å². The van der Waals surface area contributed by atoms with Crippen molar-refractivity contribution in [3.8, 4) is 5.75 Å². The summed E-state index contributed by atoms with van der Waals surface area (Å²) in [5, 5.41) is 15.1. The maximum atomic E-state index is 12.0. The lowest BCUT2D eigenvalue weighted by Crippen LogP contribution is -2.37. The van der Waals surface area contributed by atoms with Gasteiger partial charge in [0.1, 0.15) is 11.6 Å². The van der Waals surface area contributed by atoms with Crippen LogP contribution in [0.15, 0.2) is 30.3 Å². The number of fused-ring (bicyclic) bond motifs is 1. The maximum Gasteiger partial charge on any atom is 0.315 e. The number of phenolic OH excluding ortho intramolecular Hbond substituents is 1. The number of anilines is 1. The van der Waals surface area contributed by atoms with Gasteiger partial charge in [-0.3, -0.25) is 4.31 Å². The summed E-state index contributed by atoms with van der Waals surface area (Å²) >= 11 is 5.84. The molecule has 1 aromatic heterocycles. The summed E-state index contributed by atoms with van der Waals surface area (Å²) in [6, 6.07) is 8.16. The van der Waals surface area contributed by atoms with Crippen molar-refractivity contribution in [3.63, 3.8) is 0 Å². The molecule has 1 aromatic carbocycles. The molecule has 1 aliphatic rings. The first-order valence-electron chi connectivity index (χ1n) is 9.19. The quantitative estimate of drug-likeness (QED) is 0.640. The lowest BCUT2D eigenvalue weighted by atomic mass is 10.1. The molecular weight excluding hydrogens is 416 g/mol. The summed E-state index contributed by atoms with van der Waals surface area (Å²) in [4.78, 5) is 16.5. The van der Waals surface area contributed by atoms with Crippen molar-refractivity contribution in [3.05, 3.63) is 52.2 Å². The van der Waals surface area contributed by atoms with Crippen LogP contribution in [0.4, 0.5) is 10.6 Å². The third-order valence-corrected chi connectivity index (χ3v) is 6.05. The zero-order valence-corrected chi connectivity index (χ0v) is 17.6. The molecule has 0 saturated heterocycles. The van der Waals surface area contributed by atoms with Crippen molar-refractivity contribution < 1.29 is 18.3 Å². The molecule has 3 rings (SSSR count). The van der Waals surface area contributed by atoms with Crippen LogP contribution in [-0.2, 0) is 29.4 Å². The fourth-order valence-corrected chi connectivity index (χ4v) is 4.25. The van der Waals surface area contributed by atoms with Gasteiger partial charge in [0.15, 0.2) is 0 Å². The minimum absolute atomic E-state index is 0.00754. The number of aryl methyl sites for hydroxylation is 1. The highest BCUT2D eigenvalue weighted by atomic mass is 35.5. The number of nitrogens with one attached hydrogen (secondary N) is 2. The van der Waals surface area contributed by atoms with E-state index in [0.29, 0.717) is 31.0 Å². The topological polar surface area (TPSA) is 112 Å². The number of amides is 2. The molecule has 0 unspecified atom stereocenters.